The first-order chi connectivity index (χ1) is 11.7. The van der Waals surface area contributed by atoms with Crippen molar-refractivity contribution in [2.75, 3.05) is 37.8 Å². The molecule has 0 radical (unpaired) electrons. The number of rotatable bonds is 3. The van der Waals surface area contributed by atoms with E-state index in [0.29, 0.717) is 17.3 Å². The van der Waals surface area contributed by atoms with Crippen LogP contribution in [-0.4, -0.2) is 62.6 Å². The highest BCUT2D eigenvalue weighted by molar-refractivity contribution is 7.88. The number of benzene rings is 1. The van der Waals surface area contributed by atoms with E-state index in [1.807, 2.05) is 0 Å². The fourth-order valence-corrected chi connectivity index (χ4v) is 4.16. The first-order valence-corrected chi connectivity index (χ1v) is 9.89. The number of carbonyl (C=O) groups is 2. The smallest absolute Gasteiger partial charge is 0.254 e. The average molecular weight is 388 g/mol. The topological polar surface area (TPSA) is 105 Å². The third-order valence-electron chi connectivity index (χ3n) is 4.37. The van der Waals surface area contributed by atoms with E-state index in [1.165, 1.54) is 0 Å². The highest BCUT2D eigenvalue weighted by Crippen LogP contribution is 2.35. The molecule has 2 atom stereocenters. The van der Waals surface area contributed by atoms with Crippen LogP contribution < -0.4 is 10.6 Å². The number of carbonyl (C=O) groups excluding carboxylic acids is 2. The Morgan fingerprint density at radius 3 is 2.88 bits per heavy atom. The van der Waals surface area contributed by atoms with Gasteiger partial charge < -0.3 is 15.4 Å². The summed E-state index contributed by atoms with van der Waals surface area (Å²) in [4.78, 5) is 25.2. The van der Waals surface area contributed by atoms with Crippen LogP contribution in [0.2, 0.25) is 5.02 Å². The van der Waals surface area contributed by atoms with Crippen molar-refractivity contribution in [1.82, 2.24) is 9.62 Å². The highest BCUT2D eigenvalue weighted by atomic mass is 35.5. The molecule has 1 aromatic rings. The van der Waals surface area contributed by atoms with Gasteiger partial charge in [-0.2, -0.15) is 4.31 Å². The van der Waals surface area contributed by atoms with E-state index in [0.717, 1.165) is 10.6 Å². The van der Waals surface area contributed by atoms with Crippen molar-refractivity contribution < 1.29 is 22.7 Å². The molecule has 0 unspecified atom stereocenters. The molecule has 0 aromatic heterocycles. The number of hydrogen-bond donors (Lipinski definition) is 2. The van der Waals surface area contributed by atoms with Crippen LogP contribution in [0.3, 0.4) is 0 Å². The lowest BCUT2D eigenvalue weighted by Crippen LogP contribution is -2.61. The van der Waals surface area contributed by atoms with Crippen LogP contribution >= 0.6 is 11.6 Å². The molecule has 2 aliphatic heterocycles. The lowest BCUT2D eigenvalue weighted by Gasteiger charge is -2.36. The van der Waals surface area contributed by atoms with E-state index in [-0.39, 0.29) is 19.7 Å². The molecule has 1 aromatic carbocycles. The molecule has 2 saturated heterocycles. The molecule has 1 spiro atoms. The van der Waals surface area contributed by atoms with Gasteiger partial charge in [-0.3, -0.25) is 9.59 Å². The molecular formula is C15H18ClN3O5S. The average Bonchev–Trinajstić information content (AvgIpc) is 2.91. The minimum absolute atomic E-state index is 0.126. The minimum Gasteiger partial charge on any atom is -0.361 e. The lowest BCUT2D eigenvalue weighted by molar-refractivity contribution is -0.161. The molecule has 2 heterocycles. The van der Waals surface area contributed by atoms with Crippen LogP contribution in [0.4, 0.5) is 5.69 Å². The van der Waals surface area contributed by atoms with Crippen molar-refractivity contribution in [1.29, 1.82) is 0 Å². The van der Waals surface area contributed by atoms with Gasteiger partial charge in [0.25, 0.3) is 5.91 Å². The van der Waals surface area contributed by atoms with Crippen LogP contribution in [-0.2, 0) is 24.3 Å². The summed E-state index contributed by atoms with van der Waals surface area (Å²) in [5, 5.41) is 5.79. The van der Waals surface area contributed by atoms with E-state index in [2.05, 4.69) is 10.6 Å². The van der Waals surface area contributed by atoms with Gasteiger partial charge in [0.15, 0.2) is 5.60 Å². The zero-order chi connectivity index (χ0) is 18.2. The van der Waals surface area contributed by atoms with Crippen molar-refractivity contribution in [3.05, 3.63) is 29.3 Å². The Kier molecular flexibility index (Phi) is 4.76. The summed E-state index contributed by atoms with van der Waals surface area (Å²) in [6.45, 7) is 0.219. The van der Waals surface area contributed by atoms with Gasteiger partial charge in [0.1, 0.15) is 0 Å². The number of hydrogen-bond acceptors (Lipinski definition) is 5. The Bertz CT molecular complexity index is 815. The Morgan fingerprint density at radius 1 is 1.48 bits per heavy atom. The summed E-state index contributed by atoms with van der Waals surface area (Å²) in [5.41, 5.74) is -1.06. The summed E-state index contributed by atoms with van der Waals surface area (Å²) >= 11 is 5.91. The predicted molar refractivity (Wildman–Crippen MR) is 91.7 cm³/mol. The van der Waals surface area contributed by atoms with Crippen LogP contribution in [0.1, 0.15) is 0 Å². The van der Waals surface area contributed by atoms with Gasteiger partial charge in [-0.05, 0) is 18.2 Å². The molecule has 0 bridgehead atoms. The second-order valence-corrected chi connectivity index (χ2v) is 8.52. The summed E-state index contributed by atoms with van der Waals surface area (Å²) in [5.74, 6) is -1.94. The number of anilines is 1. The molecule has 136 valence electrons. The first-order valence-electron chi connectivity index (χ1n) is 7.66. The summed E-state index contributed by atoms with van der Waals surface area (Å²) < 4.78 is 30.6. The van der Waals surface area contributed by atoms with Gasteiger partial charge in [0.2, 0.25) is 15.9 Å². The largest absolute Gasteiger partial charge is 0.361 e. The number of amides is 2. The van der Waals surface area contributed by atoms with E-state index in [1.54, 1.807) is 24.3 Å². The molecule has 0 aliphatic carbocycles. The molecule has 25 heavy (non-hydrogen) atoms. The van der Waals surface area contributed by atoms with Crippen LogP contribution in [0, 0.1) is 5.92 Å². The van der Waals surface area contributed by atoms with Crippen LogP contribution in [0.25, 0.3) is 0 Å². The number of nitrogens with zero attached hydrogens (tertiary/aromatic N) is 1. The summed E-state index contributed by atoms with van der Waals surface area (Å²) in [7, 11) is -3.58. The Hall–Kier alpha value is -1.68. The van der Waals surface area contributed by atoms with E-state index in [4.69, 9.17) is 16.3 Å². The molecule has 8 nitrogen and oxygen atoms in total. The normalized spacial score (nSPS) is 27.3. The van der Waals surface area contributed by atoms with Gasteiger partial charge in [-0.15, -0.1) is 0 Å². The maximum Gasteiger partial charge on any atom is 0.254 e. The van der Waals surface area contributed by atoms with Crippen molar-refractivity contribution in [2.45, 2.75) is 5.60 Å². The number of ether oxygens (including phenoxy) is 1. The van der Waals surface area contributed by atoms with Crippen LogP contribution in [0.15, 0.2) is 24.3 Å². The standard InChI is InChI=1S/C15H18ClN3O5S/c1-25(22,23)19-8-12(15(9-19)14(21)17-5-6-24-15)13(20)18-11-4-2-3-10(16)7-11/h2-4,7,12H,5-6,8-9H2,1H3,(H,17,21)(H,18,20)/t12-,15-/m1/s1. The molecule has 2 amide bonds. The third-order valence-corrected chi connectivity index (χ3v) is 5.82. The molecule has 2 fully saturated rings. The van der Waals surface area contributed by atoms with Gasteiger partial charge in [0.05, 0.1) is 25.3 Å². The second-order valence-electron chi connectivity index (χ2n) is 6.10. The molecule has 3 rings (SSSR count). The summed E-state index contributed by atoms with van der Waals surface area (Å²) in [6.07, 6.45) is 1.04. The minimum atomic E-state index is -3.58. The fraction of sp³-hybridized carbons (Fsp3) is 0.467. The highest BCUT2D eigenvalue weighted by Gasteiger charge is 2.59. The number of halogens is 1. The van der Waals surface area contributed by atoms with Crippen molar-refractivity contribution in [3.63, 3.8) is 0 Å². The molecule has 2 N–H and O–H groups in total. The van der Waals surface area contributed by atoms with E-state index < -0.39 is 33.4 Å². The van der Waals surface area contributed by atoms with E-state index in [9.17, 15) is 18.0 Å². The van der Waals surface area contributed by atoms with Gasteiger partial charge >= 0.3 is 0 Å². The second kappa shape index (κ2) is 6.56. The number of nitrogens with one attached hydrogen (secondary N) is 2. The van der Waals surface area contributed by atoms with Crippen LogP contribution in [0.5, 0.6) is 0 Å². The Balaban J connectivity index is 1.90. The third kappa shape index (κ3) is 3.50. The first kappa shape index (κ1) is 18.1. The molecular weight excluding hydrogens is 370 g/mol. The monoisotopic (exact) mass is 387 g/mol. The number of morpholine rings is 1. The predicted octanol–water partition coefficient (Wildman–Crippen LogP) is 0.0551. The fourth-order valence-electron chi connectivity index (χ4n) is 3.12. The van der Waals surface area contributed by atoms with Crippen molar-refractivity contribution in [3.8, 4) is 0 Å². The van der Waals surface area contributed by atoms with Gasteiger partial charge in [0, 0.05) is 23.8 Å². The van der Waals surface area contributed by atoms with Gasteiger partial charge in [-0.25, -0.2) is 8.42 Å². The zero-order valence-corrected chi connectivity index (χ0v) is 15.1. The quantitative estimate of drug-likeness (QED) is 0.762. The Labute approximate surface area is 150 Å². The maximum atomic E-state index is 12.8. The lowest BCUT2D eigenvalue weighted by atomic mass is 9.87. The SMILES string of the molecule is CS(=O)(=O)N1C[C@H](C(=O)Nc2cccc(Cl)c2)[C@@]2(C1)OCCNC2=O. The Morgan fingerprint density at radius 2 is 2.24 bits per heavy atom. The zero-order valence-electron chi connectivity index (χ0n) is 13.5. The molecule has 2 aliphatic rings. The maximum absolute atomic E-state index is 12.8. The van der Waals surface area contributed by atoms with Crippen molar-refractivity contribution in [2.24, 2.45) is 5.92 Å². The number of sulfonamides is 1. The molecule has 10 heteroatoms. The summed E-state index contributed by atoms with van der Waals surface area (Å²) in [6, 6.07) is 6.56. The van der Waals surface area contributed by atoms with Gasteiger partial charge in [-0.1, -0.05) is 17.7 Å². The van der Waals surface area contributed by atoms with E-state index >= 15 is 0 Å². The van der Waals surface area contributed by atoms with Crippen molar-refractivity contribution >= 4 is 39.1 Å². The molecule has 0 saturated carbocycles.